The molecule has 1 amide bonds. The van der Waals surface area contributed by atoms with Crippen molar-refractivity contribution in [3.8, 4) is 0 Å². The van der Waals surface area contributed by atoms with E-state index in [1.165, 1.54) is 0 Å². The van der Waals surface area contributed by atoms with Crippen molar-refractivity contribution in [1.82, 2.24) is 5.32 Å². The quantitative estimate of drug-likeness (QED) is 0.603. The SMILES string of the molecule is C[C@@H]1CC(=O)[C@H]2CCC(=O)N[C@H]2C1. The van der Waals surface area contributed by atoms with Gasteiger partial charge in [-0.05, 0) is 18.8 Å². The lowest BCUT2D eigenvalue weighted by atomic mass is 9.74. The van der Waals surface area contributed by atoms with Crippen molar-refractivity contribution >= 4 is 11.7 Å². The molecule has 2 aliphatic rings. The Balaban J connectivity index is 2.10. The minimum atomic E-state index is 0.114. The van der Waals surface area contributed by atoms with Gasteiger partial charge in [0, 0.05) is 24.8 Å². The van der Waals surface area contributed by atoms with Crippen LogP contribution in [0.5, 0.6) is 0 Å². The number of ketones is 1. The van der Waals surface area contributed by atoms with Gasteiger partial charge in [0.2, 0.25) is 5.91 Å². The van der Waals surface area contributed by atoms with Crippen LogP contribution in [0, 0.1) is 11.8 Å². The highest BCUT2D eigenvalue weighted by molar-refractivity contribution is 5.86. The number of piperidine rings is 1. The molecule has 1 N–H and O–H groups in total. The van der Waals surface area contributed by atoms with Gasteiger partial charge in [0.1, 0.15) is 5.78 Å². The molecular weight excluding hydrogens is 166 g/mol. The molecule has 0 radical (unpaired) electrons. The van der Waals surface area contributed by atoms with E-state index < -0.39 is 0 Å². The Bertz CT molecular complexity index is 249. The van der Waals surface area contributed by atoms with Crippen LogP contribution in [0.25, 0.3) is 0 Å². The zero-order valence-corrected chi connectivity index (χ0v) is 7.88. The molecule has 2 rings (SSSR count). The van der Waals surface area contributed by atoms with Crippen LogP contribution in [-0.2, 0) is 9.59 Å². The normalized spacial score (nSPS) is 39.6. The van der Waals surface area contributed by atoms with Gasteiger partial charge in [-0.1, -0.05) is 6.92 Å². The second kappa shape index (κ2) is 3.13. The van der Waals surface area contributed by atoms with Crippen LogP contribution in [-0.4, -0.2) is 17.7 Å². The van der Waals surface area contributed by atoms with Crippen LogP contribution < -0.4 is 5.32 Å². The summed E-state index contributed by atoms with van der Waals surface area (Å²) in [4.78, 5) is 22.7. The van der Waals surface area contributed by atoms with Gasteiger partial charge in [0.25, 0.3) is 0 Å². The highest BCUT2D eigenvalue weighted by Gasteiger charge is 2.38. The van der Waals surface area contributed by atoms with Gasteiger partial charge in [0.15, 0.2) is 0 Å². The fraction of sp³-hybridized carbons (Fsp3) is 0.800. The van der Waals surface area contributed by atoms with E-state index in [0.29, 0.717) is 24.5 Å². The third-order valence-corrected chi connectivity index (χ3v) is 3.13. The average Bonchev–Trinajstić information content (AvgIpc) is 2.02. The van der Waals surface area contributed by atoms with E-state index in [1.54, 1.807) is 0 Å². The number of carbonyl (C=O) groups excluding carboxylic acids is 2. The Labute approximate surface area is 77.9 Å². The lowest BCUT2D eigenvalue weighted by Gasteiger charge is -2.37. The third kappa shape index (κ3) is 1.60. The fourth-order valence-electron chi connectivity index (χ4n) is 2.49. The van der Waals surface area contributed by atoms with E-state index in [9.17, 15) is 9.59 Å². The van der Waals surface area contributed by atoms with E-state index in [2.05, 4.69) is 12.2 Å². The molecule has 3 nitrogen and oxygen atoms in total. The Morgan fingerprint density at radius 1 is 1.38 bits per heavy atom. The molecule has 0 aromatic rings. The first-order chi connectivity index (χ1) is 6.16. The number of hydrogen-bond acceptors (Lipinski definition) is 2. The second-order valence-electron chi connectivity index (χ2n) is 4.33. The van der Waals surface area contributed by atoms with Crippen molar-refractivity contribution in [3.63, 3.8) is 0 Å². The van der Waals surface area contributed by atoms with Gasteiger partial charge in [-0.15, -0.1) is 0 Å². The summed E-state index contributed by atoms with van der Waals surface area (Å²) in [5.41, 5.74) is 0. The zero-order valence-electron chi connectivity index (χ0n) is 7.88. The lowest BCUT2D eigenvalue weighted by molar-refractivity contribution is -0.132. The summed E-state index contributed by atoms with van der Waals surface area (Å²) in [6, 6.07) is 0.137. The number of amides is 1. The maximum absolute atomic E-state index is 11.6. The molecule has 1 heterocycles. The molecule has 3 heteroatoms. The molecule has 0 bridgehead atoms. The van der Waals surface area contributed by atoms with Crippen LogP contribution in [0.2, 0.25) is 0 Å². The van der Waals surface area contributed by atoms with Gasteiger partial charge in [-0.25, -0.2) is 0 Å². The predicted octanol–water partition coefficient (Wildman–Crippen LogP) is 0.880. The molecule has 1 aliphatic heterocycles. The summed E-state index contributed by atoms with van der Waals surface area (Å²) in [5, 5.41) is 2.92. The molecule has 2 fully saturated rings. The summed E-state index contributed by atoms with van der Waals surface area (Å²) in [6.45, 7) is 2.08. The van der Waals surface area contributed by atoms with Crippen LogP contribution in [0.1, 0.15) is 32.6 Å². The van der Waals surface area contributed by atoms with Crippen molar-refractivity contribution in [2.24, 2.45) is 11.8 Å². The minimum Gasteiger partial charge on any atom is -0.353 e. The Morgan fingerprint density at radius 3 is 2.92 bits per heavy atom. The summed E-state index contributed by atoms with van der Waals surface area (Å²) in [6.07, 6.45) is 2.97. The molecule has 0 aromatic heterocycles. The molecule has 1 aliphatic carbocycles. The second-order valence-corrected chi connectivity index (χ2v) is 4.33. The molecule has 1 saturated carbocycles. The Morgan fingerprint density at radius 2 is 2.15 bits per heavy atom. The number of rotatable bonds is 0. The number of fused-ring (bicyclic) bond motifs is 1. The predicted molar refractivity (Wildman–Crippen MR) is 48.1 cm³/mol. The van der Waals surface area contributed by atoms with Crippen LogP contribution in [0.4, 0.5) is 0 Å². The highest BCUT2D eigenvalue weighted by atomic mass is 16.2. The summed E-state index contributed by atoms with van der Waals surface area (Å²) >= 11 is 0. The monoisotopic (exact) mass is 181 g/mol. The third-order valence-electron chi connectivity index (χ3n) is 3.13. The van der Waals surface area contributed by atoms with Gasteiger partial charge < -0.3 is 5.32 Å². The van der Waals surface area contributed by atoms with Crippen molar-refractivity contribution in [2.75, 3.05) is 0 Å². The molecule has 13 heavy (non-hydrogen) atoms. The molecule has 0 aromatic carbocycles. The highest BCUT2D eigenvalue weighted by Crippen LogP contribution is 2.31. The van der Waals surface area contributed by atoms with E-state index in [4.69, 9.17) is 0 Å². The number of hydrogen-bond donors (Lipinski definition) is 1. The van der Waals surface area contributed by atoms with Crippen LogP contribution in [0.15, 0.2) is 0 Å². The maximum atomic E-state index is 11.6. The Kier molecular flexibility index (Phi) is 2.10. The van der Waals surface area contributed by atoms with Crippen molar-refractivity contribution < 1.29 is 9.59 Å². The average molecular weight is 181 g/mol. The molecule has 72 valence electrons. The minimum absolute atomic E-state index is 0.114. The maximum Gasteiger partial charge on any atom is 0.220 e. The first-order valence-corrected chi connectivity index (χ1v) is 4.99. The largest absolute Gasteiger partial charge is 0.353 e. The number of carbonyl (C=O) groups is 2. The Hall–Kier alpha value is -0.860. The smallest absolute Gasteiger partial charge is 0.220 e. The van der Waals surface area contributed by atoms with Crippen LogP contribution in [0.3, 0.4) is 0 Å². The fourth-order valence-corrected chi connectivity index (χ4v) is 2.49. The summed E-state index contributed by atoms with van der Waals surface area (Å²) < 4.78 is 0. The van der Waals surface area contributed by atoms with Crippen LogP contribution >= 0.6 is 0 Å². The van der Waals surface area contributed by atoms with Gasteiger partial charge in [-0.2, -0.15) is 0 Å². The van der Waals surface area contributed by atoms with E-state index in [1.807, 2.05) is 0 Å². The standard InChI is InChI=1S/C10H15NO2/c1-6-4-8-7(9(12)5-6)2-3-10(13)11-8/h6-8H,2-5H2,1H3,(H,11,13)/t6-,7-,8-/m0/s1. The lowest BCUT2D eigenvalue weighted by Crippen LogP contribution is -2.51. The molecule has 0 unspecified atom stereocenters. The molecule has 0 spiro atoms. The van der Waals surface area contributed by atoms with Gasteiger partial charge in [0.05, 0.1) is 0 Å². The van der Waals surface area contributed by atoms with E-state index in [0.717, 1.165) is 12.8 Å². The summed E-state index contributed by atoms with van der Waals surface area (Å²) in [7, 11) is 0. The number of Topliss-reactive ketones (excluding diaryl/α,β-unsaturated/α-hetero) is 1. The first-order valence-electron chi connectivity index (χ1n) is 4.99. The van der Waals surface area contributed by atoms with Gasteiger partial charge in [-0.3, -0.25) is 9.59 Å². The van der Waals surface area contributed by atoms with Crippen molar-refractivity contribution in [3.05, 3.63) is 0 Å². The first kappa shape index (κ1) is 8.73. The van der Waals surface area contributed by atoms with Crippen molar-refractivity contribution in [1.29, 1.82) is 0 Å². The molecular formula is C10H15NO2. The summed E-state index contributed by atoms with van der Waals surface area (Å²) in [5.74, 6) is 1.02. The topological polar surface area (TPSA) is 46.2 Å². The van der Waals surface area contributed by atoms with Crippen molar-refractivity contribution in [2.45, 2.75) is 38.6 Å². The van der Waals surface area contributed by atoms with E-state index >= 15 is 0 Å². The van der Waals surface area contributed by atoms with Gasteiger partial charge >= 0.3 is 0 Å². The van der Waals surface area contributed by atoms with E-state index in [-0.39, 0.29) is 17.9 Å². The number of nitrogens with one attached hydrogen (secondary N) is 1. The zero-order chi connectivity index (χ0) is 9.42. The molecule has 3 atom stereocenters. The molecule has 1 saturated heterocycles.